The maximum Gasteiger partial charge on any atom is 0.181 e. The molecule has 2 aromatic carbocycles. The summed E-state index contributed by atoms with van der Waals surface area (Å²) in [6.07, 6.45) is 5.30. The molecule has 0 amide bonds. The third-order valence-electron chi connectivity index (χ3n) is 5.86. The van der Waals surface area contributed by atoms with Crippen molar-refractivity contribution >= 4 is 5.69 Å². The first-order valence-corrected chi connectivity index (χ1v) is 10.4. The quantitative estimate of drug-likeness (QED) is 0.690. The molecular formula is C22H25N5O3. The third-order valence-corrected chi connectivity index (χ3v) is 5.86. The van der Waals surface area contributed by atoms with Crippen LogP contribution < -0.4 is 19.5 Å². The van der Waals surface area contributed by atoms with E-state index in [1.54, 1.807) is 7.11 Å². The van der Waals surface area contributed by atoms with Crippen LogP contribution >= 0.6 is 0 Å². The van der Waals surface area contributed by atoms with E-state index in [9.17, 15) is 0 Å². The van der Waals surface area contributed by atoms with Crippen molar-refractivity contribution in [3.05, 3.63) is 48.3 Å². The van der Waals surface area contributed by atoms with Gasteiger partial charge in [-0.2, -0.15) is 4.68 Å². The van der Waals surface area contributed by atoms with Crippen molar-refractivity contribution in [1.82, 2.24) is 20.2 Å². The first kappa shape index (κ1) is 18.7. The molecule has 8 heteroatoms. The molecule has 0 radical (unpaired) electrons. The number of anilines is 1. The van der Waals surface area contributed by atoms with Crippen molar-refractivity contribution in [1.29, 1.82) is 0 Å². The molecule has 1 aliphatic carbocycles. The molecule has 0 saturated heterocycles. The lowest BCUT2D eigenvalue weighted by Crippen LogP contribution is -2.40. The number of aromatic nitrogens is 4. The standard InChI is InChI=1S/C22H25N5O3/c1-28-18-8-4-3-7-17(18)23-22(11-5-2-6-12-22)21-24-25-26-27(21)16-9-10-19-20(15-16)30-14-13-29-19/h3-4,7-10,15,23H,2,5-6,11-14H2,1H3. The lowest BCUT2D eigenvalue weighted by atomic mass is 9.80. The number of fused-ring (bicyclic) bond motifs is 1. The number of benzene rings is 2. The van der Waals surface area contributed by atoms with Crippen LogP contribution in [-0.4, -0.2) is 40.5 Å². The van der Waals surface area contributed by atoms with Crippen LogP contribution in [0.25, 0.3) is 5.69 Å². The number of nitrogens with zero attached hydrogens (tertiary/aromatic N) is 4. The zero-order chi connectivity index (χ0) is 20.4. The van der Waals surface area contributed by atoms with Gasteiger partial charge in [-0.05, 0) is 47.5 Å². The van der Waals surface area contributed by atoms with Crippen LogP contribution in [0.3, 0.4) is 0 Å². The number of hydrogen-bond acceptors (Lipinski definition) is 7. The monoisotopic (exact) mass is 407 g/mol. The smallest absolute Gasteiger partial charge is 0.181 e. The largest absolute Gasteiger partial charge is 0.495 e. The highest BCUT2D eigenvalue weighted by Gasteiger charge is 2.40. The minimum Gasteiger partial charge on any atom is -0.495 e. The molecule has 2 aliphatic rings. The number of rotatable bonds is 5. The second kappa shape index (κ2) is 7.85. The topological polar surface area (TPSA) is 83.3 Å². The Kier molecular flexibility index (Phi) is 4.90. The Hall–Kier alpha value is -3.29. The number of ether oxygens (including phenoxy) is 3. The molecule has 156 valence electrons. The lowest BCUT2D eigenvalue weighted by molar-refractivity contribution is 0.171. The summed E-state index contributed by atoms with van der Waals surface area (Å²) < 4.78 is 18.8. The summed E-state index contributed by atoms with van der Waals surface area (Å²) in [5.41, 5.74) is 1.41. The number of tetrazole rings is 1. The van der Waals surface area contributed by atoms with Gasteiger partial charge in [-0.3, -0.25) is 0 Å². The summed E-state index contributed by atoms with van der Waals surface area (Å²) >= 11 is 0. The van der Waals surface area contributed by atoms with E-state index in [-0.39, 0.29) is 5.54 Å². The second-order valence-electron chi connectivity index (χ2n) is 7.71. The molecule has 5 rings (SSSR count). The van der Waals surface area contributed by atoms with E-state index in [1.165, 1.54) is 6.42 Å². The van der Waals surface area contributed by atoms with Gasteiger partial charge in [-0.15, -0.1) is 5.10 Å². The Morgan fingerprint density at radius 2 is 1.80 bits per heavy atom. The van der Waals surface area contributed by atoms with Gasteiger partial charge < -0.3 is 19.5 Å². The Morgan fingerprint density at radius 3 is 2.63 bits per heavy atom. The molecule has 0 spiro atoms. The van der Waals surface area contributed by atoms with Crippen molar-refractivity contribution in [2.24, 2.45) is 0 Å². The number of para-hydroxylation sites is 2. The fourth-order valence-corrected chi connectivity index (χ4v) is 4.39. The molecule has 1 saturated carbocycles. The Balaban J connectivity index is 1.56. The van der Waals surface area contributed by atoms with Gasteiger partial charge >= 0.3 is 0 Å². The molecule has 0 unspecified atom stereocenters. The van der Waals surface area contributed by atoms with Gasteiger partial charge in [-0.25, -0.2) is 0 Å². The van der Waals surface area contributed by atoms with Crippen LogP contribution in [0.4, 0.5) is 5.69 Å². The van der Waals surface area contributed by atoms with Crippen molar-refractivity contribution in [3.8, 4) is 22.9 Å². The predicted octanol–water partition coefficient (Wildman–Crippen LogP) is 3.71. The molecule has 0 bridgehead atoms. The maximum atomic E-state index is 5.76. The van der Waals surface area contributed by atoms with Crippen molar-refractivity contribution in [3.63, 3.8) is 0 Å². The molecule has 0 atom stereocenters. The van der Waals surface area contributed by atoms with E-state index in [1.807, 2.05) is 47.1 Å². The number of hydrogen-bond donors (Lipinski definition) is 1. The molecule has 1 fully saturated rings. The van der Waals surface area contributed by atoms with Gasteiger partial charge in [0.05, 0.1) is 24.0 Å². The Labute approximate surface area is 175 Å². The minimum absolute atomic E-state index is 0.385. The number of nitrogens with one attached hydrogen (secondary N) is 1. The predicted molar refractivity (Wildman–Crippen MR) is 112 cm³/mol. The second-order valence-corrected chi connectivity index (χ2v) is 7.71. The normalized spacial score (nSPS) is 17.4. The number of methoxy groups -OCH3 is 1. The van der Waals surface area contributed by atoms with Gasteiger partial charge in [0.1, 0.15) is 19.0 Å². The fraction of sp³-hybridized carbons (Fsp3) is 0.409. The first-order chi connectivity index (χ1) is 14.8. The highest BCUT2D eigenvalue weighted by molar-refractivity contribution is 5.58. The van der Waals surface area contributed by atoms with E-state index < -0.39 is 0 Å². The lowest BCUT2D eigenvalue weighted by Gasteiger charge is -2.38. The van der Waals surface area contributed by atoms with Crippen molar-refractivity contribution in [2.45, 2.75) is 37.6 Å². The van der Waals surface area contributed by atoms with E-state index in [0.717, 1.165) is 60.1 Å². The summed E-state index contributed by atoms with van der Waals surface area (Å²) in [5, 5.41) is 16.6. The van der Waals surface area contributed by atoms with Gasteiger partial charge in [0, 0.05) is 6.07 Å². The molecule has 1 aromatic heterocycles. The zero-order valence-corrected chi connectivity index (χ0v) is 17.0. The third kappa shape index (κ3) is 3.32. The van der Waals surface area contributed by atoms with E-state index in [0.29, 0.717) is 13.2 Å². The molecule has 1 N–H and O–H groups in total. The summed E-state index contributed by atoms with van der Waals surface area (Å²) in [5.74, 6) is 3.07. The summed E-state index contributed by atoms with van der Waals surface area (Å²) in [4.78, 5) is 0. The van der Waals surface area contributed by atoms with Gasteiger partial charge in [0.25, 0.3) is 0 Å². The van der Waals surface area contributed by atoms with Crippen LogP contribution in [0.5, 0.6) is 17.2 Å². The highest BCUT2D eigenvalue weighted by Crippen LogP contribution is 2.42. The first-order valence-electron chi connectivity index (χ1n) is 10.4. The van der Waals surface area contributed by atoms with Crippen LogP contribution in [0.2, 0.25) is 0 Å². The van der Waals surface area contributed by atoms with E-state index in [4.69, 9.17) is 14.2 Å². The van der Waals surface area contributed by atoms with Crippen LogP contribution in [-0.2, 0) is 5.54 Å². The van der Waals surface area contributed by atoms with Crippen molar-refractivity contribution in [2.75, 3.05) is 25.6 Å². The molecule has 2 heterocycles. The molecule has 1 aliphatic heterocycles. The van der Waals surface area contributed by atoms with Crippen LogP contribution in [0.1, 0.15) is 37.9 Å². The zero-order valence-electron chi connectivity index (χ0n) is 17.0. The summed E-state index contributed by atoms with van der Waals surface area (Å²) in [6, 6.07) is 13.8. The average molecular weight is 407 g/mol. The molecule has 3 aromatic rings. The van der Waals surface area contributed by atoms with Crippen LogP contribution in [0.15, 0.2) is 42.5 Å². The van der Waals surface area contributed by atoms with Crippen LogP contribution in [0, 0.1) is 0 Å². The van der Waals surface area contributed by atoms with E-state index in [2.05, 4.69) is 20.8 Å². The van der Waals surface area contributed by atoms with Gasteiger partial charge in [-0.1, -0.05) is 31.4 Å². The van der Waals surface area contributed by atoms with Gasteiger partial charge in [0.2, 0.25) is 0 Å². The van der Waals surface area contributed by atoms with Crippen molar-refractivity contribution < 1.29 is 14.2 Å². The molecule has 8 nitrogen and oxygen atoms in total. The van der Waals surface area contributed by atoms with Gasteiger partial charge in [0.15, 0.2) is 17.3 Å². The molecular weight excluding hydrogens is 382 g/mol. The summed E-state index contributed by atoms with van der Waals surface area (Å²) in [7, 11) is 1.69. The highest BCUT2D eigenvalue weighted by atomic mass is 16.6. The minimum atomic E-state index is -0.385. The summed E-state index contributed by atoms with van der Waals surface area (Å²) in [6.45, 7) is 1.10. The van der Waals surface area contributed by atoms with E-state index >= 15 is 0 Å². The average Bonchev–Trinajstić information content (AvgIpc) is 3.31. The SMILES string of the molecule is COc1ccccc1NC1(c2nnnn2-c2ccc3c(c2)OCCO3)CCCCC1. The fourth-order valence-electron chi connectivity index (χ4n) is 4.39. The Morgan fingerprint density at radius 1 is 1.00 bits per heavy atom. The maximum absolute atomic E-state index is 5.76. The molecule has 30 heavy (non-hydrogen) atoms. The Bertz CT molecular complexity index is 1030.